The Balaban J connectivity index is 2.36. The lowest BCUT2D eigenvalue weighted by molar-refractivity contribution is 0.0995. The number of carbonyl (C=O) groups is 1. The number of carbonyl (C=O) groups excluding carboxylic acids is 1. The van der Waals surface area contributed by atoms with Crippen molar-refractivity contribution in [2.75, 3.05) is 11.8 Å². The van der Waals surface area contributed by atoms with Gasteiger partial charge in [0, 0.05) is 6.07 Å². The summed E-state index contributed by atoms with van der Waals surface area (Å²) in [7, 11) is -2.31. The van der Waals surface area contributed by atoms with E-state index in [-0.39, 0.29) is 16.4 Å². The SMILES string of the molecule is COc1c(C)cc(S(=O)(=O)Nc2cc(C(N)=O)[nH]n2)cc1C. The van der Waals surface area contributed by atoms with Gasteiger partial charge < -0.3 is 10.5 Å². The van der Waals surface area contributed by atoms with Gasteiger partial charge in [0.2, 0.25) is 0 Å². The number of hydrogen-bond donors (Lipinski definition) is 3. The Bertz CT molecular complexity index is 803. The summed E-state index contributed by atoms with van der Waals surface area (Å²) in [4.78, 5) is 11.0. The van der Waals surface area contributed by atoms with Crippen molar-refractivity contribution in [3.63, 3.8) is 0 Å². The van der Waals surface area contributed by atoms with E-state index in [2.05, 4.69) is 14.9 Å². The second-order valence-electron chi connectivity index (χ2n) is 4.73. The van der Waals surface area contributed by atoms with Crippen molar-refractivity contribution in [2.45, 2.75) is 18.7 Å². The van der Waals surface area contributed by atoms with Crippen molar-refractivity contribution in [3.8, 4) is 5.75 Å². The molecule has 0 radical (unpaired) electrons. The molecule has 2 rings (SSSR count). The molecule has 0 saturated carbocycles. The molecule has 8 nitrogen and oxygen atoms in total. The molecule has 0 bridgehead atoms. The number of rotatable bonds is 5. The van der Waals surface area contributed by atoms with Crippen LogP contribution in [-0.4, -0.2) is 31.6 Å². The summed E-state index contributed by atoms with van der Waals surface area (Å²) in [5.41, 5.74) is 6.48. The van der Waals surface area contributed by atoms with Gasteiger partial charge in [-0.15, -0.1) is 0 Å². The van der Waals surface area contributed by atoms with E-state index in [1.54, 1.807) is 13.8 Å². The van der Waals surface area contributed by atoms with Gasteiger partial charge in [-0.3, -0.25) is 14.6 Å². The minimum Gasteiger partial charge on any atom is -0.496 e. The van der Waals surface area contributed by atoms with Crippen LogP contribution in [0.15, 0.2) is 23.1 Å². The first-order chi connectivity index (χ1) is 10.2. The van der Waals surface area contributed by atoms with Crippen molar-refractivity contribution in [3.05, 3.63) is 35.0 Å². The number of nitrogens with two attached hydrogens (primary N) is 1. The molecule has 4 N–H and O–H groups in total. The molecule has 0 fully saturated rings. The zero-order valence-corrected chi connectivity index (χ0v) is 13.1. The molecule has 0 aliphatic heterocycles. The molecule has 9 heteroatoms. The number of anilines is 1. The molecule has 2 aromatic rings. The molecule has 0 aliphatic rings. The fourth-order valence-electron chi connectivity index (χ4n) is 2.08. The average Bonchev–Trinajstić information content (AvgIpc) is 2.86. The maximum Gasteiger partial charge on any atom is 0.266 e. The minimum atomic E-state index is -3.84. The lowest BCUT2D eigenvalue weighted by atomic mass is 10.1. The van der Waals surface area contributed by atoms with Crippen LogP contribution in [0.5, 0.6) is 5.75 Å². The van der Waals surface area contributed by atoms with Gasteiger partial charge >= 0.3 is 0 Å². The topological polar surface area (TPSA) is 127 Å². The van der Waals surface area contributed by atoms with Crippen molar-refractivity contribution in [1.29, 1.82) is 0 Å². The highest BCUT2D eigenvalue weighted by Crippen LogP contribution is 2.27. The van der Waals surface area contributed by atoms with Gasteiger partial charge in [0.15, 0.2) is 5.82 Å². The summed E-state index contributed by atoms with van der Waals surface area (Å²) in [6, 6.07) is 4.22. The van der Waals surface area contributed by atoms with Gasteiger partial charge in [-0.2, -0.15) is 5.10 Å². The number of aromatic nitrogens is 2. The first-order valence-corrected chi connectivity index (χ1v) is 7.76. The zero-order chi connectivity index (χ0) is 16.5. The van der Waals surface area contributed by atoms with E-state index in [0.717, 1.165) is 0 Å². The molecule has 1 heterocycles. The summed E-state index contributed by atoms with van der Waals surface area (Å²) in [6.07, 6.45) is 0. The van der Waals surface area contributed by atoms with Crippen molar-refractivity contribution in [1.82, 2.24) is 10.2 Å². The Morgan fingerprint density at radius 3 is 2.32 bits per heavy atom. The van der Waals surface area contributed by atoms with Crippen LogP contribution < -0.4 is 15.2 Å². The van der Waals surface area contributed by atoms with Crippen LogP contribution in [0.25, 0.3) is 0 Å². The summed E-state index contributed by atoms with van der Waals surface area (Å²) in [5.74, 6) is -0.108. The highest BCUT2D eigenvalue weighted by molar-refractivity contribution is 7.92. The van der Waals surface area contributed by atoms with Gasteiger partial charge in [-0.25, -0.2) is 8.42 Å². The largest absolute Gasteiger partial charge is 0.496 e. The number of ether oxygens (including phenoxy) is 1. The summed E-state index contributed by atoms with van der Waals surface area (Å²) < 4.78 is 32.2. The van der Waals surface area contributed by atoms with E-state index in [0.29, 0.717) is 16.9 Å². The van der Waals surface area contributed by atoms with E-state index in [1.165, 1.54) is 25.3 Å². The number of aromatic amines is 1. The number of hydrogen-bond acceptors (Lipinski definition) is 5. The van der Waals surface area contributed by atoms with Gasteiger partial charge in [-0.05, 0) is 37.1 Å². The maximum atomic E-state index is 12.4. The Morgan fingerprint density at radius 2 is 1.86 bits per heavy atom. The highest BCUT2D eigenvalue weighted by atomic mass is 32.2. The second kappa shape index (κ2) is 5.68. The summed E-state index contributed by atoms with van der Waals surface area (Å²) >= 11 is 0. The van der Waals surface area contributed by atoms with Gasteiger partial charge in [-0.1, -0.05) is 0 Å². The molecular weight excluding hydrogens is 308 g/mol. The Kier molecular flexibility index (Phi) is 4.09. The van der Waals surface area contributed by atoms with Crippen LogP contribution in [0.2, 0.25) is 0 Å². The molecule has 0 unspecified atom stereocenters. The lowest BCUT2D eigenvalue weighted by Crippen LogP contribution is -2.14. The smallest absolute Gasteiger partial charge is 0.266 e. The Hall–Kier alpha value is -2.55. The van der Waals surface area contributed by atoms with Crippen LogP contribution in [0.3, 0.4) is 0 Å². The molecule has 118 valence electrons. The third-order valence-electron chi connectivity index (χ3n) is 3.03. The number of methoxy groups -OCH3 is 1. The normalized spacial score (nSPS) is 11.2. The number of primary amides is 1. The van der Waals surface area contributed by atoms with Gasteiger partial charge in [0.05, 0.1) is 12.0 Å². The number of sulfonamides is 1. The molecule has 0 spiro atoms. The zero-order valence-electron chi connectivity index (χ0n) is 12.3. The van der Waals surface area contributed by atoms with Crippen molar-refractivity contribution >= 4 is 21.7 Å². The van der Waals surface area contributed by atoms with Crippen LogP contribution in [-0.2, 0) is 10.0 Å². The number of H-pyrrole nitrogens is 1. The molecule has 1 amide bonds. The number of nitrogens with one attached hydrogen (secondary N) is 2. The maximum absolute atomic E-state index is 12.4. The Labute approximate surface area is 127 Å². The fraction of sp³-hybridized carbons (Fsp3) is 0.231. The quantitative estimate of drug-likeness (QED) is 0.754. The second-order valence-corrected chi connectivity index (χ2v) is 6.41. The first kappa shape index (κ1) is 15.8. The molecule has 0 aliphatic carbocycles. The summed E-state index contributed by atoms with van der Waals surface area (Å²) in [5, 5.41) is 6.03. The molecular formula is C13H16N4O4S. The molecule has 0 atom stereocenters. The molecule has 1 aromatic heterocycles. The lowest BCUT2D eigenvalue weighted by Gasteiger charge is -2.12. The van der Waals surface area contributed by atoms with E-state index < -0.39 is 15.9 Å². The number of aryl methyl sites for hydroxylation is 2. The third kappa shape index (κ3) is 3.03. The van der Waals surface area contributed by atoms with Crippen LogP contribution in [0, 0.1) is 13.8 Å². The molecule has 0 saturated heterocycles. The number of amides is 1. The molecule has 1 aromatic carbocycles. The van der Waals surface area contributed by atoms with E-state index in [4.69, 9.17) is 10.5 Å². The van der Waals surface area contributed by atoms with Crippen LogP contribution in [0.4, 0.5) is 5.82 Å². The number of benzene rings is 1. The Morgan fingerprint density at radius 1 is 1.27 bits per heavy atom. The van der Waals surface area contributed by atoms with E-state index >= 15 is 0 Å². The monoisotopic (exact) mass is 324 g/mol. The average molecular weight is 324 g/mol. The predicted octanol–water partition coefficient (Wildman–Crippen LogP) is 0.935. The van der Waals surface area contributed by atoms with E-state index in [9.17, 15) is 13.2 Å². The van der Waals surface area contributed by atoms with Crippen molar-refractivity contribution < 1.29 is 17.9 Å². The minimum absolute atomic E-state index is 0.0137. The summed E-state index contributed by atoms with van der Waals surface area (Å²) in [6.45, 7) is 3.51. The highest BCUT2D eigenvalue weighted by Gasteiger charge is 2.19. The van der Waals surface area contributed by atoms with Crippen molar-refractivity contribution in [2.24, 2.45) is 5.73 Å². The van der Waals surface area contributed by atoms with Gasteiger partial charge in [0.25, 0.3) is 15.9 Å². The first-order valence-electron chi connectivity index (χ1n) is 6.28. The van der Waals surface area contributed by atoms with Crippen LogP contribution >= 0.6 is 0 Å². The third-order valence-corrected chi connectivity index (χ3v) is 4.36. The number of nitrogens with zero attached hydrogens (tertiary/aromatic N) is 1. The standard InChI is InChI=1S/C13H16N4O4S/c1-7-4-9(5-8(2)12(7)21-3)22(19,20)17-11-6-10(13(14)18)15-16-11/h4-6H,1-3H3,(H2,14,18)(H2,15,16,17). The predicted molar refractivity (Wildman–Crippen MR) is 80.4 cm³/mol. The van der Waals surface area contributed by atoms with Gasteiger partial charge in [0.1, 0.15) is 11.4 Å². The molecule has 22 heavy (non-hydrogen) atoms. The van der Waals surface area contributed by atoms with E-state index in [1.807, 2.05) is 0 Å². The fourth-order valence-corrected chi connectivity index (χ4v) is 3.25. The van der Waals surface area contributed by atoms with Crippen LogP contribution in [0.1, 0.15) is 21.6 Å².